The summed E-state index contributed by atoms with van der Waals surface area (Å²) in [5.74, 6) is 8.48. The summed E-state index contributed by atoms with van der Waals surface area (Å²) in [5.41, 5.74) is 9.42. The molecule has 0 N–H and O–H groups in total. The smallest absolute Gasteiger partial charge is 0.189 e. The first-order valence-corrected chi connectivity index (χ1v) is 20.4. The SMILES string of the molecule is C[Si](C)(C)C#Cc1sc(C#C[Si](C)(C)C)c2c1OCC(Cc1ccccc1)(Cc1ccccc1)CO2. The Kier molecular flexibility index (Phi) is 7.86. The third-order valence-electron chi connectivity index (χ3n) is 5.81. The van der Waals surface area contributed by atoms with Gasteiger partial charge in [0.25, 0.3) is 0 Å². The molecule has 0 saturated carbocycles. The van der Waals surface area contributed by atoms with E-state index in [0.29, 0.717) is 13.2 Å². The Morgan fingerprint density at radius 3 is 1.42 bits per heavy atom. The number of rotatable bonds is 4. The van der Waals surface area contributed by atoms with Gasteiger partial charge < -0.3 is 9.47 Å². The average Bonchev–Trinajstić information content (AvgIpc) is 3.05. The molecule has 2 heterocycles. The summed E-state index contributed by atoms with van der Waals surface area (Å²) >= 11 is 1.62. The number of thiophene rings is 1. The predicted molar refractivity (Wildman–Crippen MR) is 158 cm³/mol. The molecule has 0 amide bonds. The molecule has 1 aliphatic rings. The molecule has 2 nitrogen and oxygen atoms in total. The molecule has 0 atom stereocenters. The van der Waals surface area contributed by atoms with E-state index in [1.54, 1.807) is 11.3 Å². The van der Waals surface area contributed by atoms with Crippen molar-refractivity contribution in [3.8, 4) is 34.4 Å². The Morgan fingerprint density at radius 1 is 0.667 bits per heavy atom. The molecule has 5 heteroatoms. The third kappa shape index (κ3) is 7.17. The molecule has 0 unspecified atom stereocenters. The zero-order valence-electron chi connectivity index (χ0n) is 22.3. The monoisotopic (exact) mass is 528 g/mol. The predicted octanol–water partition coefficient (Wildman–Crippen LogP) is 7.45. The van der Waals surface area contributed by atoms with Crippen molar-refractivity contribution in [2.24, 2.45) is 5.41 Å². The lowest BCUT2D eigenvalue weighted by molar-refractivity contribution is 0.102. The highest BCUT2D eigenvalue weighted by atomic mass is 32.1. The summed E-state index contributed by atoms with van der Waals surface area (Å²) in [5, 5.41) is 0. The van der Waals surface area contributed by atoms with Crippen molar-refractivity contribution in [2.45, 2.75) is 52.1 Å². The summed E-state index contributed by atoms with van der Waals surface area (Å²) in [6, 6.07) is 21.3. The van der Waals surface area contributed by atoms with Gasteiger partial charge in [0, 0.05) is 5.41 Å². The maximum absolute atomic E-state index is 6.66. The molecule has 3 aromatic rings. The van der Waals surface area contributed by atoms with Gasteiger partial charge in [0.15, 0.2) is 11.5 Å². The molecular weight excluding hydrogens is 493 g/mol. The van der Waals surface area contributed by atoms with E-state index >= 15 is 0 Å². The van der Waals surface area contributed by atoms with Crippen LogP contribution in [0.1, 0.15) is 20.9 Å². The lowest BCUT2D eigenvalue weighted by Crippen LogP contribution is -2.38. The molecule has 0 radical (unpaired) electrons. The fraction of sp³-hybridized carbons (Fsp3) is 0.355. The van der Waals surface area contributed by atoms with Crippen LogP contribution in [0.4, 0.5) is 0 Å². The Labute approximate surface area is 223 Å². The molecule has 36 heavy (non-hydrogen) atoms. The van der Waals surface area contributed by atoms with Crippen molar-refractivity contribution in [1.29, 1.82) is 0 Å². The first kappa shape index (κ1) is 26.4. The second-order valence-corrected chi connectivity index (χ2v) is 22.3. The van der Waals surface area contributed by atoms with Gasteiger partial charge in [-0.05, 0) is 24.0 Å². The van der Waals surface area contributed by atoms with E-state index in [9.17, 15) is 0 Å². The van der Waals surface area contributed by atoms with Crippen LogP contribution < -0.4 is 9.47 Å². The van der Waals surface area contributed by atoms with Crippen LogP contribution in [0.3, 0.4) is 0 Å². The highest BCUT2D eigenvalue weighted by Crippen LogP contribution is 2.46. The zero-order chi connectivity index (χ0) is 25.8. The lowest BCUT2D eigenvalue weighted by atomic mass is 9.77. The van der Waals surface area contributed by atoms with E-state index in [4.69, 9.17) is 9.47 Å². The van der Waals surface area contributed by atoms with Crippen molar-refractivity contribution in [2.75, 3.05) is 13.2 Å². The fourth-order valence-electron chi connectivity index (χ4n) is 4.13. The maximum Gasteiger partial charge on any atom is 0.189 e. The van der Waals surface area contributed by atoms with Crippen molar-refractivity contribution in [3.05, 3.63) is 81.5 Å². The largest absolute Gasteiger partial charge is 0.487 e. The van der Waals surface area contributed by atoms with Crippen molar-refractivity contribution in [1.82, 2.24) is 0 Å². The number of fused-ring (bicyclic) bond motifs is 1. The number of ether oxygens (including phenoxy) is 2. The minimum atomic E-state index is -1.55. The third-order valence-corrected chi connectivity index (χ3v) is 8.55. The highest BCUT2D eigenvalue weighted by molar-refractivity contribution is 7.14. The van der Waals surface area contributed by atoms with Crippen LogP contribution in [0.2, 0.25) is 39.3 Å². The quantitative estimate of drug-likeness (QED) is 0.259. The fourth-order valence-corrected chi connectivity index (χ4v) is 6.21. The van der Waals surface area contributed by atoms with Gasteiger partial charge >= 0.3 is 0 Å². The molecule has 1 aliphatic heterocycles. The summed E-state index contributed by atoms with van der Waals surface area (Å²) in [4.78, 5) is 1.89. The molecule has 2 aromatic carbocycles. The van der Waals surface area contributed by atoms with Crippen LogP contribution in [0.5, 0.6) is 11.5 Å². The van der Waals surface area contributed by atoms with Crippen LogP contribution in [0, 0.1) is 28.3 Å². The van der Waals surface area contributed by atoms with Crippen LogP contribution in [0.25, 0.3) is 0 Å². The zero-order valence-corrected chi connectivity index (χ0v) is 25.1. The van der Waals surface area contributed by atoms with Gasteiger partial charge in [-0.2, -0.15) is 0 Å². The van der Waals surface area contributed by atoms with Gasteiger partial charge in [-0.15, -0.1) is 22.4 Å². The average molecular weight is 529 g/mol. The number of benzene rings is 2. The van der Waals surface area contributed by atoms with Crippen LogP contribution in [0.15, 0.2) is 60.7 Å². The Morgan fingerprint density at radius 2 is 1.06 bits per heavy atom. The Hall–Kier alpha value is -2.71. The topological polar surface area (TPSA) is 18.5 Å². The molecule has 0 spiro atoms. The standard InChI is InChI=1S/C31H36O2SSi2/c1-35(2,3)19-17-27-29-30(28(34-27)18-20-36(4,5)6)33-24-31(23-32-29,21-25-13-9-7-10-14-25)22-26-15-11-8-12-16-26/h7-16H,21-24H2,1-6H3. The second kappa shape index (κ2) is 10.7. The van der Waals surface area contributed by atoms with E-state index in [-0.39, 0.29) is 5.41 Å². The van der Waals surface area contributed by atoms with E-state index < -0.39 is 16.1 Å². The van der Waals surface area contributed by atoms with Crippen molar-refractivity contribution < 1.29 is 9.47 Å². The second-order valence-electron chi connectivity index (χ2n) is 11.8. The van der Waals surface area contributed by atoms with E-state index in [0.717, 1.165) is 34.1 Å². The molecule has 0 fully saturated rings. The summed E-state index contributed by atoms with van der Waals surface area (Å²) in [6.45, 7) is 14.7. The van der Waals surface area contributed by atoms with Crippen molar-refractivity contribution >= 4 is 27.5 Å². The first-order valence-electron chi connectivity index (χ1n) is 12.6. The molecule has 0 saturated heterocycles. The van der Waals surface area contributed by atoms with Gasteiger partial charge in [-0.25, -0.2) is 0 Å². The van der Waals surface area contributed by atoms with E-state index in [1.807, 2.05) is 0 Å². The summed E-state index contributed by atoms with van der Waals surface area (Å²) in [6.07, 6.45) is 1.75. The van der Waals surface area contributed by atoms with Crippen molar-refractivity contribution in [3.63, 3.8) is 0 Å². The van der Waals surface area contributed by atoms with Crippen LogP contribution >= 0.6 is 11.3 Å². The molecule has 4 rings (SSSR count). The minimum absolute atomic E-state index is 0.202. The van der Waals surface area contributed by atoms with Gasteiger partial charge in [0.1, 0.15) is 25.9 Å². The maximum atomic E-state index is 6.66. The molecule has 186 valence electrons. The normalized spacial score (nSPS) is 14.6. The van der Waals surface area contributed by atoms with E-state index in [2.05, 4.69) is 123 Å². The van der Waals surface area contributed by atoms with Gasteiger partial charge in [0.2, 0.25) is 0 Å². The van der Waals surface area contributed by atoms with Gasteiger partial charge in [-0.1, -0.05) is 112 Å². The molecule has 1 aromatic heterocycles. The lowest BCUT2D eigenvalue weighted by Gasteiger charge is -2.31. The molecular formula is C31H36O2SSi2. The Bertz CT molecular complexity index is 1210. The minimum Gasteiger partial charge on any atom is -0.487 e. The Balaban J connectivity index is 1.75. The summed E-state index contributed by atoms with van der Waals surface area (Å²) in [7, 11) is -3.09. The van der Waals surface area contributed by atoms with Gasteiger partial charge in [-0.3, -0.25) is 0 Å². The number of hydrogen-bond acceptors (Lipinski definition) is 3. The number of hydrogen-bond donors (Lipinski definition) is 0. The molecule has 0 aliphatic carbocycles. The first-order chi connectivity index (χ1) is 17.0. The van der Waals surface area contributed by atoms with Crippen LogP contribution in [-0.4, -0.2) is 29.4 Å². The van der Waals surface area contributed by atoms with E-state index in [1.165, 1.54) is 11.1 Å². The highest BCUT2D eigenvalue weighted by Gasteiger charge is 2.38. The van der Waals surface area contributed by atoms with Gasteiger partial charge in [0.05, 0.1) is 13.2 Å². The van der Waals surface area contributed by atoms with Crippen LogP contribution in [-0.2, 0) is 12.8 Å². The summed E-state index contributed by atoms with van der Waals surface area (Å²) < 4.78 is 13.3. The molecule has 0 bridgehead atoms.